The summed E-state index contributed by atoms with van der Waals surface area (Å²) >= 11 is 0. The number of furan rings is 1. The highest BCUT2D eigenvalue weighted by Gasteiger charge is 2.38. The Morgan fingerprint density at radius 2 is 2.09 bits per heavy atom. The lowest BCUT2D eigenvalue weighted by atomic mass is 10.1. The third-order valence-corrected chi connectivity index (χ3v) is 5.53. The molecule has 0 radical (unpaired) electrons. The summed E-state index contributed by atoms with van der Waals surface area (Å²) in [6, 6.07) is 9.37. The Morgan fingerprint density at radius 3 is 2.81 bits per heavy atom. The summed E-state index contributed by atoms with van der Waals surface area (Å²) in [4.78, 5) is 26.7. The number of halogens is 1. The molecule has 0 aliphatic carbocycles. The summed E-state index contributed by atoms with van der Waals surface area (Å²) in [5, 5.41) is 10.9. The van der Waals surface area contributed by atoms with Crippen LogP contribution < -0.4 is 5.32 Å². The molecule has 1 aliphatic rings. The number of carbonyl (C=O) groups is 2. The molecule has 1 N–H and O–H groups in total. The molecular weight excluding hydrogens is 417 g/mol. The van der Waals surface area contributed by atoms with E-state index < -0.39 is 12.0 Å². The number of amides is 1. The highest BCUT2D eigenvalue weighted by atomic mass is 19.1. The van der Waals surface area contributed by atoms with Gasteiger partial charge in [0.1, 0.15) is 11.6 Å². The molecule has 10 heteroatoms. The molecule has 1 aromatic carbocycles. The van der Waals surface area contributed by atoms with E-state index >= 15 is 0 Å². The maximum atomic E-state index is 13.1. The van der Waals surface area contributed by atoms with Gasteiger partial charge in [0.2, 0.25) is 5.91 Å². The topological polar surface area (TPSA) is 102 Å². The number of esters is 1. The van der Waals surface area contributed by atoms with Gasteiger partial charge in [0.25, 0.3) is 0 Å². The van der Waals surface area contributed by atoms with Crippen LogP contribution >= 0.6 is 0 Å². The maximum Gasteiger partial charge on any atom is 0.360 e. The number of ether oxygens (including phenoxy) is 1. The Kier molecular flexibility index (Phi) is 6.60. The number of nitrogens with zero attached hydrogens (tertiary/aromatic N) is 4. The molecule has 2 atom stereocenters. The number of carbonyl (C=O) groups excluding carboxylic acids is 2. The molecule has 4 rings (SSSR count). The summed E-state index contributed by atoms with van der Waals surface area (Å²) in [6.45, 7) is 1.45. The van der Waals surface area contributed by atoms with Gasteiger partial charge >= 0.3 is 5.97 Å². The van der Waals surface area contributed by atoms with Gasteiger partial charge < -0.3 is 14.5 Å². The second kappa shape index (κ2) is 9.73. The van der Waals surface area contributed by atoms with Crippen LogP contribution in [0.4, 0.5) is 4.39 Å². The largest absolute Gasteiger partial charge is 0.468 e. The Labute approximate surface area is 184 Å². The van der Waals surface area contributed by atoms with Crippen LogP contribution in [0.25, 0.3) is 0 Å². The minimum absolute atomic E-state index is 0.102. The summed E-state index contributed by atoms with van der Waals surface area (Å²) in [5.41, 5.74) is 1.07. The first kappa shape index (κ1) is 21.7. The zero-order valence-electron chi connectivity index (χ0n) is 17.6. The number of aromatic nitrogens is 3. The first-order chi connectivity index (χ1) is 15.5. The van der Waals surface area contributed by atoms with E-state index in [-0.39, 0.29) is 23.5 Å². The highest BCUT2D eigenvalue weighted by molar-refractivity contribution is 5.86. The molecule has 0 unspecified atom stereocenters. The van der Waals surface area contributed by atoms with Crippen LogP contribution in [-0.4, -0.2) is 58.0 Å². The van der Waals surface area contributed by atoms with Gasteiger partial charge in [0, 0.05) is 13.1 Å². The van der Waals surface area contributed by atoms with Gasteiger partial charge in [-0.2, -0.15) is 0 Å². The van der Waals surface area contributed by atoms with Crippen molar-refractivity contribution in [2.75, 3.05) is 20.2 Å². The van der Waals surface area contributed by atoms with Gasteiger partial charge in [-0.25, -0.2) is 13.9 Å². The van der Waals surface area contributed by atoms with Crippen molar-refractivity contribution in [3.63, 3.8) is 0 Å². The van der Waals surface area contributed by atoms with E-state index in [2.05, 4.69) is 20.4 Å². The molecular formula is C22H24FN5O4. The zero-order chi connectivity index (χ0) is 22.5. The number of nitrogens with one attached hydrogen (secondary N) is 1. The van der Waals surface area contributed by atoms with Gasteiger partial charge in [0.05, 0.1) is 38.2 Å². The molecule has 0 spiro atoms. The van der Waals surface area contributed by atoms with Crippen LogP contribution in [-0.2, 0) is 22.5 Å². The van der Waals surface area contributed by atoms with Crippen LogP contribution in [0.3, 0.4) is 0 Å². The van der Waals surface area contributed by atoms with Gasteiger partial charge in [0.15, 0.2) is 5.69 Å². The molecule has 1 fully saturated rings. The van der Waals surface area contributed by atoms with E-state index in [4.69, 9.17) is 4.42 Å². The van der Waals surface area contributed by atoms with Crippen LogP contribution in [0.2, 0.25) is 0 Å². The van der Waals surface area contributed by atoms with Crippen molar-refractivity contribution >= 4 is 11.9 Å². The number of hydrogen-bond donors (Lipinski definition) is 1. The van der Waals surface area contributed by atoms with E-state index in [0.717, 1.165) is 11.3 Å². The summed E-state index contributed by atoms with van der Waals surface area (Å²) in [7, 11) is 1.29. The molecule has 32 heavy (non-hydrogen) atoms. The van der Waals surface area contributed by atoms with E-state index in [9.17, 15) is 14.0 Å². The molecule has 1 aliphatic heterocycles. The standard InChI is InChI=1S/C22H24FN5O4/c1-31-22(30)19-14-28(26-25-19)17-11-20(27(12-17)13-18-3-2-10-32-18)21(29)24-9-8-15-4-6-16(23)7-5-15/h2-7,10,14,17,20H,8-9,11-13H2,1H3,(H,24,29)/t17-,20+/m1/s1. The fraction of sp³-hybridized carbons (Fsp3) is 0.364. The fourth-order valence-corrected chi connectivity index (χ4v) is 3.87. The third kappa shape index (κ3) is 5.02. The monoisotopic (exact) mass is 441 g/mol. The second-order valence-corrected chi connectivity index (χ2v) is 7.66. The maximum absolute atomic E-state index is 13.1. The van der Waals surface area contributed by atoms with E-state index in [1.165, 1.54) is 25.4 Å². The van der Waals surface area contributed by atoms with Crippen LogP contribution in [0, 0.1) is 5.82 Å². The van der Waals surface area contributed by atoms with Gasteiger partial charge in [-0.1, -0.05) is 17.3 Å². The Morgan fingerprint density at radius 1 is 1.28 bits per heavy atom. The minimum atomic E-state index is -0.559. The highest BCUT2D eigenvalue weighted by Crippen LogP contribution is 2.29. The predicted molar refractivity (Wildman–Crippen MR) is 111 cm³/mol. The van der Waals surface area contributed by atoms with Crippen molar-refractivity contribution in [3.8, 4) is 0 Å². The van der Waals surface area contributed by atoms with E-state index in [0.29, 0.717) is 32.5 Å². The first-order valence-electron chi connectivity index (χ1n) is 10.3. The van der Waals surface area contributed by atoms with E-state index in [1.807, 2.05) is 11.0 Å². The quantitative estimate of drug-likeness (QED) is 0.533. The molecule has 2 aromatic heterocycles. The van der Waals surface area contributed by atoms with Crippen LogP contribution in [0.15, 0.2) is 53.3 Å². The van der Waals surface area contributed by atoms with Crippen LogP contribution in [0.5, 0.6) is 0 Å². The molecule has 3 heterocycles. The number of benzene rings is 1. The second-order valence-electron chi connectivity index (χ2n) is 7.66. The molecule has 3 aromatic rings. The van der Waals surface area contributed by atoms with Gasteiger partial charge in [-0.15, -0.1) is 5.10 Å². The van der Waals surface area contributed by atoms with Crippen molar-refractivity contribution in [1.29, 1.82) is 0 Å². The Balaban J connectivity index is 1.42. The Hall–Kier alpha value is -3.53. The normalized spacial score (nSPS) is 18.6. The number of hydrogen-bond acceptors (Lipinski definition) is 7. The molecule has 9 nitrogen and oxygen atoms in total. The average Bonchev–Trinajstić information content (AvgIpc) is 3.55. The Bertz CT molecular complexity index is 1050. The lowest BCUT2D eigenvalue weighted by Gasteiger charge is -2.22. The summed E-state index contributed by atoms with van der Waals surface area (Å²) in [6.07, 6.45) is 4.25. The van der Waals surface area contributed by atoms with Crippen molar-refractivity contribution in [2.24, 2.45) is 0 Å². The molecule has 168 valence electrons. The predicted octanol–water partition coefficient (Wildman–Crippen LogP) is 1.97. The zero-order valence-corrected chi connectivity index (χ0v) is 17.6. The van der Waals surface area contributed by atoms with Crippen molar-refractivity contribution in [1.82, 2.24) is 25.2 Å². The van der Waals surface area contributed by atoms with Crippen molar-refractivity contribution < 1.29 is 23.1 Å². The first-order valence-corrected chi connectivity index (χ1v) is 10.3. The third-order valence-electron chi connectivity index (χ3n) is 5.53. The average molecular weight is 441 g/mol. The fourth-order valence-electron chi connectivity index (χ4n) is 3.87. The number of rotatable bonds is 8. The van der Waals surface area contributed by atoms with Gasteiger partial charge in [-0.3, -0.25) is 9.69 Å². The number of likely N-dealkylation sites (tertiary alicyclic amines) is 1. The smallest absolute Gasteiger partial charge is 0.360 e. The minimum Gasteiger partial charge on any atom is -0.468 e. The lowest BCUT2D eigenvalue weighted by Crippen LogP contribution is -2.43. The molecule has 1 saturated heterocycles. The number of methoxy groups -OCH3 is 1. The molecule has 0 saturated carbocycles. The SMILES string of the molecule is COC(=O)c1cn([C@@H]2C[C@@H](C(=O)NCCc3ccc(F)cc3)N(Cc3ccco3)C2)nn1. The summed E-state index contributed by atoms with van der Waals surface area (Å²) in [5.74, 6) is -0.193. The molecule has 1 amide bonds. The van der Waals surface area contributed by atoms with Crippen molar-refractivity contribution in [3.05, 3.63) is 71.7 Å². The van der Waals surface area contributed by atoms with Crippen molar-refractivity contribution in [2.45, 2.75) is 31.5 Å². The van der Waals surface area contributed by atoms with E-state index in [1.54, 1.807) is 29.1 Å². The van der Waals surface area contributed by atoms with Crippen LogP contribution in [0.1, 0.15) is 34.3 Å². The van der Waals surface area contributed by atoms with Gasteiger partial charge in [-0.05, 0) is 42.7 Å². The lowest BCUT2D eigenvalue weighted by molar-refractivity contribution is -0.125. The molecule has 0 bridgehead atoms. The summed E-state index contributed by atoms with van der Waals surface area (Å²) < 4.78 is 24.8.